The Hall–Kier alpha value is -1.13. The lowest BCUT2D eigenvalue weighted by atomic mass is 10.2. The van der Waals surface area contributed by atoms with Crippen molar-refractivity contribution in [1.29, 1.82) is 0 Å². The summed E-state index contributed by atoms with van der Waals surface area (Å²) in [5, 5.41) is 0. The molecule has 2 aromatic rings. The van der Waals surface area contributed by atoms with E-state index in [2.05, 4.69) is 24.9 Å². The van der Waals surface area contributed by atoms with E-state index < -0.39 is 0 Å². The van der Waals surface area contributed by atoms with E-state index in [1.54, 1.807) is 35.5 Å². The first-order valence-corrected chi connectivity index (χ1v) is 7.63. The van der Waals surface area contributed by atoms with E-state index in [9.17, 15) is 4.79 Å². The lowest BCUT2D eigenvalue weighted by molar-refractivity contribution is 0.102. The SMILES string of the molecule is CC(C)c1ccc(C(=O)CSc2ccncc2)s1. The molecule has 0 aliphatic rings. The van der Waals surface area contributed by atoms with Crippen molar-refractivity contribution in [2.24, 2.45) is 0 Å². The van der Waals surface area contributed by atoms with Gasteiger partial charge in [0, 0.05) is 22.2 Å². The number of thioether (sulfide) groups is 1. The van der Waals surface area contributed by atoms with Gasteiger partial charge in [-0.15, -0.1) is 23.1 Å². The lowest BCUT2D eigenvalue weighted by Crippen LogP contribution is -1.99. The van der Waals surface area contributed by atoms with Crippen molar-refractivity contribution in [1.82, 2.24) is 4.98 Å². The van der Waals surface area contributed by atoms with Crippen LogP contribution in [0.2, 0.25) is 0 Å². The summed E-state index contributed by atoms with van der Waals surface area (Å²) in [7, 11) is 0. The summed E-state index contributed by atoms with van der Waals surface area (Å²) < 4.78 is 0. The van der Waals surface area contributed by atoms with E-state index in [0.29, 0.717) is 11.7 Å². The van der Waals surface area contributed by atoms with Crippen molar-refractivity contribution in [3.63, 3.8) is 0 Å². The van der Waals surface area contributed by atoms with E-state index in [1.165, 1.54) is 4.88 Å². The fraction of sp³-hybridized carbons (Fsp3) is 0.286. The molecule has 18 heavy (non-hydrogen) atoms. The van der Waals surface area contributed by atoms with Crippen LogP contribution in [0.25, 0.3) is 0 Å². The first-order chi connectivity index (χ1) is 8.66. The Morgan fingerprint density at radius 2 is 2.00 bits per heavy atom. The summed E-state index contributed by atoms with van der Waals surface area (Å²) in [6.07, 6.45) is 3.49. The van der Waals surface area contributed by atoms with Gasteiger partial charge in [0.25, 0.3) is 0 Å². The number of Topliss-reactive ketones (excluding diaryl/α,β-unsaturated/α-hetero) is 1. The van der Waals surface area contributed by atoms with Gasteiger partial charge in [-0.3, -0.25) is 9.78 Å². The molecule has 4 heteroatoms. The third-order valence-corrected chi connectivity index (χ3v) is 4.93. The standard InChI is InChI=1S/C14H15NOS2/c1-10(2)13-3-4-14(18-13)12(16)9-17-11-5-7-15-8-6-11/h3-8,10H,9H2,1-2H3. The number of nitrogens with zero attached hydrogens (tertiary/aromatic N) is 1. The predicted molar refractivity (Wildman–Crippen MR) is 77.7 cm³/mol. The second-order valence-electron chi connectivity index (χ2n) is 4.25. The Bertz CT molecular complexity index is 520. The third-order valence-electron chi connectivity index (χ3n) is 2.49. The molecule has 94 valence electrons. The average Bonchev–Trinajstić information content (AvgIpc) is 2.87. The van der Waals surface area contributed by atoms with E-state index in [-0.39, 0.29) is 5.78 Å². The molecule has 2 nitrogen and oxygen atoms in total. The molecule has 2 rings (SSSR count). The summed E-state index contributed by atoms with van der Waals surface area (Å²) >= 11 is 3.17. The molecule has 0 spiro atoms. The number of hydrogen-bond donors (Lipinski definition) is 0. The quantitative estimate of drug-likeness (QED) is 0.605. The van der Waals surface area contributed by atoms with Crippen LogP contribution in [0.1, 0.15) is 34.3 Å². The van der Waals surface area contributed by atoms with E-state index in [0.717, 1.165) is 9.77 Å². The van der Waals surface area contributed by atoms with Gasteiger partial charge in [0.1, 0.15) is 0 Å². The first-order valence-electron chi connectivity index (χ1n) is 5.82. The molecule has 0 radical (unpaired) electrons. The van der Waals surface area contributed by atoms with E-state index in [4.69, 9.17) is 0 Å². The number of rotatable bonds is 5. The van der Waals surface area contributed by atoms with Gasteiger partial charge in [0.2, 0.25) is 0 Å². The van der Waals surface area contributed by atoms with Crippen molar-refractivity contribution < 1.29 is 4.79 Å². The number of aromatic nitrogens is 1. The number of thiophene rings is 1. The number of carbonyl (C=O) groups excluding carboxylic acids is 1. The topological polar surface area (TPSA) is 30.0 Å². The summed E-state index contributed by atoms with van der Waals surface area (Å²) in [5.41, 5.74) is 0. The monoisotopic (exact) mass is 277 g/mol. The molecule has 0 unspecified atom stereocenters. The van der Waals surface area contributed by atoms with Gasteiger partial charge in [-0.05, 0) is 30.2 Å². The van der Waals surface area contributed by atoms with E-state index >= 15 is 0 Å². The van der Waals surface area contributed by atoms with Gasteiger partial charge in [-0.1, -0.05) is 13.8 Å². The molecule has 0 saturated carbocycles. The van der Waals surface area contributed by atoms with Crippen LogP contribution < -0.4 is 0 Å². The third kappa shape index (κ3) is 3.43. The molecule has 0 saturated heterocycles. The molecule has 2 aromatic heterocycles. The lowest BCUT2D eigenvalue weighted by Gasteiger charge is -2.00. The molecule has 2 heterocycles. The molecule has 0 amide bonds. The van der Waals surface area contributed by atoms with Crippen molar-refractivity contribution in [3.05, 3.63) is 46.4 Å². The average molecular weight is 277 g/mol. The van der Waals surface area contributed by atoms with Crippen LogP contribution in [0.3, 0.4) is 0 Å². The highest BCUT2D eigenvalue weighted by atomic mass is 32.2. The van der Waals surface area contributed by atoms with Crippen LogP contribution in [-0.2, 0) is 0 Å². The zero-order chi connectivity index (χ0) is 13.0. The Balaban J connectivity index is 1.95. The minimum atomic E-state index is 0.203. The largest absolute Gasteiger partial charge is 0.292 e. The Morgan fingerprint density at radius 3 is 2.61 bits per heavy atom. The van der Waals surface area contributed by atoms with Gasteiger partial charge in [-0.2, -0.15) is 0 Å². The molecule has 0 aliphatic heterocycles. The van der Waals surface area contributed by atoms with Crippen LogP contribution in [0.5, 0.6) is 0 Å². The highest BCUT2D eigenvalue weighted by Gasteiger charge is 2.11. The number of ketones is 1. The first kappa shape index (κ1) is 13.3. The van der Waals surface area contributed by atoms with Crippen LogP contribution in [-0.4, -0.2) is 16.5 Å². The Morgan fingerprint density at radius 1 is 1.28 bits per heavy atom. The minimum Gasteiger partial charge on any atom is -0.292 e. The molecular formula is C14H15NOS2. The Kier molecular flexibility index (Phi) is 4.55. The van der Waals surface area contributed by atoms with Crippen molar-refractivity contribution >= 4 is 28.9 Å². The van der Waals surface area contributed by atoms with Crippen molar-refractivity contribution in [2.75, 3.05) is 5.75 Å². The molecule has 0 aliphatic carbocycles. The molecule has 0 N–H and O–H groups in total. The fourth-order valence-corrected chi connectivity index (χ4v) is 3.27. The minimum absolute atomic E-state index is 0.203. The van der Waals surface area contributed by atoms with Crippen LogP contribution >= 0.6 is 23.1 Å². The van der Waals surface area contributed by atoms with Crippen LogP contribution in [0.15, 0.2) is 41.6 Å². The Labute approximate surface area is 115 Å². The maximum Gasteiger partial charge on any atom is 0.182 e. The second-order valence-corrected chi connectivity index (χ2v) is 6.42. The summed E-state index contributed by atoms with van der Waals surface area (Å²) in [6, 6.07) is 7.84. The smallest absolute Gasteiger partial charge is 0.182 e. The van der Waals surface area contributed by atoms with Crippen LogP contribution in [0, 0.1) is 0 Å². The fourth-order valence-electron chi connectivity index (χ4n) is 1.47. The van der Waals surface area contributed by atoms with Crippen molar-refractivity contribution in [3.8, 4) is 0 Å². The summed E-state index contributed by atoms with van der Waals surface area (Å²) in [4.78, 5) is 19.2. The zero-order valence-corrected chi connectivity index (χ0v) is 12.1. The molecule has 0 aromatic carbocycles. The predicted octanol–water partition coefficient (Wildman–Crippen LogP) is 4.24. The van der Waals surface area contributed by atoms with Crippen molar-refractivity contribution in [2.45, 2.75) is 24.7 Å². The number of pyridine rings is 1. The zero-order valence-electron chi connectivity index (χ0n) is 10.4. The van der Waals surface area contributed by atoms with Gasteiger partial charge < -0.3 is 0 Å². The summed E-state index contributed by atoms with van der Waals surface area (Å²) in [5.74, 6) is 1.18. The van der Waals surface area contributed by atoms with E-state index in [1.807, 2.05) is 18.2 Å². The molecular weight excluding hydrogens is 262 g/mol. The molecule has 0 atom stereocenters. The maximum atomic E-state index is 12.0. The van der Waals surface area contributed by atoms with Gasteiger partial charge >= 0.3 is 0 Å². The van der Waals surface area contributed by atoms with Gasteiger partial charge in [0.05, 0.1) is 10.6 Å². The van der Waals surface area contributed by atoms with Gasteiger partial charge in [-0.25, -0.2) is 0 Å². The molecule has 0 bridgehead atoms. The van der Waals surface area contributed by atoms with Gasteiger partial charge in [0.15, 0.2) is 5.78 Å². The molecule has 0 fully saturated rings. The van der Waals surface area contributed by atoms with Crippen LogP contribution in [0.4, 0.5) is 0 Å². The number of carbonyl (C=O) groups is 1. The number of hydrogen-bond acceptors (Lipinski definition) is 4. The highest BCUT2D eigenvalue weighted by molar-refractivity contribution is 8.00. The summed E-state index contributed by atoms with van der Waals surface area (Å²) in [6.45, 7) is 4.29. The maximum absolute atomic E-state index is 12.0. The normalized spacial score (nSPS) is 10.8. The second kappa shape index (κ2) is 6.16. The highest BCUT2D eigenvalue weighted by Crippen LogP contribution is 2.26.